The summed E-state index contributed by atoms with van der Waals surface area (Å²) < 4.78 is 0. The largest absolute Gasteiger partial charge is 0.306 e. The molecule has 0 N–H and O–H groups in total. The topological polar surface area (TPSA) is 3.24 Å². The van der Waals surface area contributed by atoms with Crippen molar-refractivity contribution in [1.82, 2.24) is 4.90 Å². The lowest BCUT2D eigenvalue weighted by Crippen LogP contribution is -2.27. The highest BCUT2D eigenvalue weighted by atomic mass is 15.1. The highest BCUT2D eigenvalue weighted by molar-refractivity contribution is 4.88. The van der Waals surface area contributed by atoms with Crippen LogP contribution in [0.1, 0.15) is 80.1 Å². The molecule has 1 aliphatic heterocycles. The summed E-state index contributed by atoms with van der Waals surface area (Å²) in [6, 6.07) is 0. The Kier molecular flexibility index (Phi) is 7.74. The van der Waals surface area contributed by atoms with Gasteiger partial charge in [-0.2, -0.15) is 0 Å². The second kappa shape index (κ2) is 8.56. The van der Waals surface area contributed by atoms with E-state index >= 15 is 0 Å². The van der Waals surface area contributed by atoms with E-state index in [0.29, 0.717) is 5.41 Å². The molecule has 0 radical (unpaired) electrons. The van der Waals surface area contributed by atoms with Gasteiger partial charge >= 0.3 is 0 Å². The van der Waals surface area contributed by atoms with E-state index in [0.717, 1.165) is 23.7 Å². The Morgan fingerprint density at radius 2 is 1.67 bits per heavy atom. The molecule has 0 aromatic carbocycles. The zero-order chi connectivity index (χ0) is 16.0. The summed E-state index contributed by atoms with van der Waals surface area (Å²) in [5.41, 5.74) is 0.568. The molecule has 126 valence electrons. The van der Waals surface area contributed by atoms with Crippen molar-refractivity contribution in [3.05, 3.63) is 0 Å². The van der Waals surface area contributed by atoms with Gasteiger partial charge in [0.1, 0.15) is 0 Å². The first-order valence-electron chi connectivity index (χ1n) is 9.48. The van der Waals surface area contributed by atoms with Crippen LogP contribution >= 0.6 is 0 Å². The Morgan fingerprint density at radius 3 is 2.10 bits per heavy atom. The van der Waals surface area contributed by atoms with Crippen LogP contribution in [0.3, 0.4) is 0 Å². The Balaban J connectivity index is 2.53. The highest BCUT2D eigenvalue weighted by Gasteiger charge is 2.35. The molecule has 0 aliphatic carbocycles. The predicted octanol–water partition coefficient (Wildman–Crippen LogP) is 5.84. The second-order valence-corrected chi connectivity index (χ2v) is 8.77. The van der Waals surface area contributed by atoms with Crippen molar-refractivity contribution in [3.8, 4) is 0 Å². The van der Waals surface area contributed by atoms with Crippen LogP contribution in [0.5, 0.6) is 0 Å². The number of hydrogen-bond acceptors (Lipinski definition) is 1. The minimum absolute atomic E-state index is 0.568. The van der Waals surface area contributed by atoms with Gasteiger partial charge in [-0.15, -0.1) is 0 Å². The Morgan fingerprint density at radius 1 is 1.05 bits per heavy atom. The van der Waals surface area contributed by atoms with E-state index in [4.69, 9.17) is 0 Å². The fraction of sp³-hybridized carbons (Fsp3) is 1.00. The van der Waals surface area contributed by atoms with Crippen molar-refractivity contribution >= 4 is 0 Å². The lowest BCUT2D eigenvalue weighted by Gasteiger charge is -2.33. The van der Waals surface area contributed by atoms with Crippen LogP contribution in [0, 0.1) is 29.1 Å². The van der Waals surface area contributed by atoms with Crippen LogP contribution in [0.4, 0.5) is 0 Å². The summed E-state index contributed by atoms with van der Waals surface area (Å²) in [5, 5.41) is 0. The summed E-state index contributed by atoms with van der Waals surface area (Å²) in [6.07, 6.45) is 8.42. The predicted molar refractivity (Wildman–Crippen MR) is 95.6 cm³/mol. The van der Waals surface area contributed by atoms with Crippen LogP contribution in [-0.2, 0) is 0 Å². The molecule has 1 heteroatoms. The SMILES string of the molecule is CCC(CC)CC(C)CC(CC1(C)CCN(C)C1)C(C)C. The molecule has 1 heterocycles. The molecule has 1 fully saturated rings. The fourth-order valence-corrected chi connectivity index (χ4v) is 4.47. The summed E-state index contributed by atoms with van der Waals surface area (Å²) in [4.78, 5) is 2.52. The highest BCUT2D eigenvalue weighted by Crippen LogP contribution is 2.40. The average Bonchev–Trinajstić information content (AvgIpc) is 2.74. The lowest BCUT2D eigenvalue weighted by atomic mass is 9.72. The van der Waals surface area contributed by atoms with Crippen LogP contribution in [-0.4, -0.2) is 25.0 Å². The number of nitrogens with zero attached hydrogens (tertiary/aromatic N) is 1. The van der Waals surface area contributed by atoms with Crippen molar-refractivity contribution in [2.24, 2.45) is 29.1 Å². The average molecular weight is 296 g/mol. The van der Waals surface area contributed by atoms with E-state index in [2.05, 4.69) is 53.5 Å². The van der Waals surface area contributed by atoms with E-state index in [1.807, 2.05) is 0 Å². The van der Waals surface area contributed by atoms with E-state index < -0.39 is 0 Å². The normalized spacial score (nSPS) is 26.7. The first-order valence-corrected chi connectivity index (χ1v) is 9.48. The minimum Gasteiger partial charge on any atom is -0.306 e. The number of likely N-dealkylation sites (tertiary alicyclic amines) is 1. The van der Waals surface area contributed by atoms with E-state index in [1.54, 1.807) is 0 Å². The van der Waals surface area contributed by atoms with Crippen molar-refractivity contribution in [3.63, 3.8) is 0 Å². The van der Waals surface area contributed by atoms with E-state index in [9.17, 15) is 0 Å². The molecule has 0 bridgehead atoms. The van der Waals surface area contributed by atoms with Crippen LogP contribution < -0.4 is 0 Å². The molecule has 21 heavy (non-hydrogen) atoms. The molecular formula is C20H41N. The van der Waals surface area contributed by atoms with Gasteiger partial charge in [-0.05, 0) is 68.4 Å². The molecule has 1 rings (SSSR count). The zero-order valence-electron chi connectivity index (χ0n) is 15.9. The van der Waals surface area contributed by atoms with Crippen molar-refractivity contribution < 1.29 is 0 Å². The molecule has 1 aliphatic rings. The molecule has 0 aromatic rings. The van der Waals surface area contributed by atoms with Gasteiger partial charge in [0, 0.05) is 6.54 Å². The van der Waals surface area contributed by atoms with Gasteiger partial charge in [0.15, 0.2) is 0 Å². The maximum atomic E-state index is 2.53. The number of hydrogen-bond donors (Lipinski definition) is 0. The third-order valence-electron chi connectivity index (χ3n) is 6.04. The monoisotopic (exact) mass is 295 g/mol. The maximum absolute atomic E-state index is 2.53. The first-order chi connectivity index (χ1) is 9.79. The van der Waals surface area contributed by atoms with Gasteiger partial charge in [-0.25, -0.2) is 0 Å². The van der Waals surface area contributed by atoms with Gasteiger partial charge in [0.25, 0.3) is 0 Å². The molecule has 3 atom stereocenters. The van der Waals surface area contributed by atoms with Crippen molar-refractivity contribution in [2.45, 2.75) is 80.1 Å². The summed E-state index contributed by atoms with van der Waals surface area (Å²) >= 11 is 0. The smallest absolute Gasteiger partial charge is 0.00329 e. The standard InChI is InChI=1S/C20H41N/c1-8-18(9-2)12-17(5)13-19(16(3)4)14-20(6)10-11-21(7)15-20/h16-19H,8-15H2,1-7H3. The summed E-state index contributed by atoms with van der Waals surface area (Å²) in [6.45, 7) is 17.2. The number of rotatable bonds is 9. The van der Waals surface area contributed by atoms with Gasteiger partial charge in [0.05, 0.1) is 0 Å². The van der Waals surface area contributed by atoms with Crippen LogP contribution in [0.2, 0.25) is 0 Å². The zero-order valence-corrected chi connectivity index (χ0v) is 15.9. The molecule has 0 aromatic heterocycles. The first kappa shape index (κ1) is 19.0. The Labute approximate surface area is 134 Å². The van der Waals surface area contributed by atoms with Gasteiger partial charge in [0.2, 0.25) is 0 Å². The molecule has 0 spiro atoms. The molecular weight excluding hydrogens is 254 g/mol. The van der Waals surface area contributed by atoms with Crippen molar-refractivity contribution in [1.29, 1.82) is 0 Å². The summed E-state index contributed by atoms with van der Waals surface area (Å²) in [7, 11) is 2.28. The second-order valence-electron chi connectivity index (χ2n) is 8.77. The molecule has 0 amide bonds. The Bertz CT molecular complexity index is 282. The van der Waals surface area contributed by atoms with Gasteiger partial charge in [-0.3, -0.25) is 0 Å². The molecule has 3 unspecified atom stereocenters. The third kappa shape index (κ3) is 6.30. The Hall–Kier alpha value is -0.0400. The lowest BCUT2D eigenvalue weighted by molar-refractivity contribution is 0.174. The van der Waals surface area contributed by atoms with E-state index in [1.165, 1.54) is 51.6 Å². The van der Waals surface area contributed by atoms with Crippen molar-refractivity contribution in [2.75, 3.05) is 20.1 Å². The van der Waals surface area contributed by atoms with Crippen LogP contribution in [0.15, 0.2) is 0 Å². The molecule has 1 saturated heterocycles. The minimum atomic E-state index is 0.568. The van der Waals surface area contributed by atoms with Crippen LogP contribution in [0.25, 0.3) is 0 Å². The third-order valence-corrected chi connectivity index (χ3v) is 6.04. The fourth-order valence-electron chi connectivity index (χ4n) is 4.47. The molecule has 0 saturated carbocycles. The van der Waals surface area contributed by atoms with Gasteiger partial charge < -0.3 is 4.90 Å². The summed E-state index contributed by atoms with van der Waals surface area (Å²) in [5.74, 6) is 3.58. The van der Waals surface area contributed by atoms with E-state index in [-0.39, 0.29) is 0 Å². The quantitative estimate of drug-likeness (QED) is 0.516. The molecule has 1 nitrogen and oxygen atoms in total. The van der Waals surface area contributed by atoms with Gasteiger partial charge in [-0.1, -0.05) is 54.4 Å². The maximum Gasteiger partial charge on any atom is 0.00329 e.